The van der Waals surface area contributed by atoms with Gasteiger partial charge in [0.25, 0.3) is 0 Å². The zero-order chi connectivity index (χ0) is 10.0. The average Bonchev–Trinajstić information content (AvgIpc) is 2.04. The highest BCUT2D eigenvalue weighted by molar-refractivity contribution is 9.10. The molecule has 0 aliphatic rings. The van der Waals surface area contributed by atoms with E-state index in [0.717, 1.165) is 0 Å². The molecular formula is C9H7BrN2O. The predicted octanol–water partition coefficient (Wildman–Crippen LogP) is 2.11. The number of rotatable bonds is 1. The Balaban J connectivity index is 3.50. The molecule has 1 aromatic carbocycles. The number of Topliss-reactive ketones (excluding diaryl/α,β-unsaturated/α-hetero) is 1. The number of halogens is 1. The highest BCUT2D eigenvalue weighted by atomic mass is 79.9. The van der Waals surface area contributed by atoms with E-state index < -0.39 is 0 Å². The van der Waals surface area contributed by atoms with Crippen molar-refractivity contribution >= 4 is 27.4 Å². The van der Waals surface area contributed by atoms with Crippen LogP contribution in [-0.2, 0) is 0 Å². The smallest absolute Gasteiger partial charge is 0.163 e. The van der Waals surface area contributed by atoms with Gasteiger partial charge >= 0.3 is 0 Å². The second kappa shape index (κ2) is 3.58. The van der Waals surface area contributed by atoms with E-state index in [-0.39, 0.29) is 11.5 Å². The van der Waals surface area contributed by atoms with Crippen molar-refractivity contribution in [3.63, 3.8) is 0 Å². The first-order chi connectivity index (χ1) is 6.07. The summed E-state index contributed by atoms with van der Waals surface area (Å²) in [5.74, 6) is -0.151. The van der Waals surface area contributed by atoms with Gasteiger partial charge in [-0.15, -0.1) is 0 Å². The molecule has 0 amide bonds. The monoisotopic (exact) mass is 238 g/mol. The number of nitrogens with two attached hydrogens (primary N) is 1. The van der Waals surface area contributed by atoms with Crippen LogP contribution < -0.4 is 5.73 Å². The van der Waals surface area contributed by atoms with Gasteiger partial charge in [-0.1, -0.05) is 0 Å². The third-order valence-electron chi connectivity index (χ3n) is 1.67. The molecule has 0 heterocycles. The lowest BCUT2D eigenvalue weighted by Crippen LogP contribution is -2.03. The van der Waals surface area contributed by atoms with Gasteiger partial charge in [-0.25, -0.2) is 0 Å². The van der Waals surface area contributed by atoms with Crippen LogP contribution in [0.3, 0.4) is 0 Å². The second-order valence-electron chi connectivity index (χ2n) is 2.55. The number of hydrogen-bond donors (Lipinski definition) is 1. The fourth-order valence-corrected chi connectivity index (χ4v) is 1.67. The van der Waals surface area contributed by atoms with E-state index in [1.807, 2.05) is 6.07 Å². The molecular weight excluding hydrogens is 232 g/mol. The Bertz CT molecular complexity index is 407. The van der Waals surface area contributed by atoms with Crippen LogP contribution in [0, 0.1) is 11.3 Å². The van der Waals surface area contributed by atoms with E-state index in [4.69, 9.17) is 11.0 Å². The van der Waals surface area contributed by atoms with Crippen molar-refractivity contribution in [2.75, 3.05) is 5.73 Å². The van der Waals surface area contributed by atoms with Crippen LogP contribution in [0.5, 0.6) is 0 Å². The van der Waals surface area contributed by atoms with Crippen molar-refractivity contribution in [3.8, 4) is 6.07 Å². The number of nitriles is 1. The van der Waals surface area contributed by atoms with Crippen molar-refractivity contribution in [3.05, 3.63) is 27.7 Å². The molecule has 0 atom stereocenters. The molecule has 0 saturated heterocycles. The summed E-state index contributed by atoms with van der Waals surface area (Å²) in [7, 11) is 0. The molecule has 0 spiro atoms. The molecule has 0 aliphatic heterocycles. The largest absolute Gasteiger partial charge is 0.397 e. The predicted molar refractivity (Wildman–Crippen MR) is 53.3 cm³/mol. The normalized spacial score (nSPS) is 9.31. The molecule has 0 saturated carbocycles. The average molecular weight is 239 g/mol. The molecule has 13 heavy (non-hydrogen) atoms. The van der Waals surface area contributed by atoms with E-state index >= 15 is 0 Å². The van der Waals surface area contributed by atoms with Crippen molar-refractivity contribution in [1.29, 1.82) is 5.26 Å². The Labute approximate surface area is 84.3 Å². The van der Waals surface area contributed by atoms with Crippen molar-refractivity contribution in [1.82, 2.24) is 0 Å². The number of nitrogen functional groups attached to an aromatic ring is 1. The number of hydrogen-bond acceptors (Lipinski definition) is 3. The van der Waals surface area contributed by atoms with E-state index in [2.05, 4.69) is 15.9 Å². The summed E-state index contributed by atoms with van der Waals surface area (Å²) in [4.78, 5) is 11.1. The Morgan fingerprint density at radius 2 is 2.23 bits per heavy atom. The van der Waals surface area contributed by atoms with Crippen LogP contribution in [0.15, 0.2) is 16.6 Å². The van der Waals surface area contributed by atoms with Crippen LogP contribution >= 0.6 is 15.9 Å². The molecule has 0 bridgehead atoms. The summed E-state index contributed by atoms with van der Waals surface area (Å²) in [6.45, 7) is 1.41. The number of nitrogens with zero attached hydrogens (tertiary/aromatic N) is 1. The van der Waals surface area contributed by atoms with Crippen molar-refractivity contribution in [2.24, 2.45) is 0 Å². The standard InChI is InChI=1S/C9H7BrN2O/c1-5(13)8-7(10)3-2-6(4-11)9(8)12/h2-3H,12H2,1H3. The van der Waals surface area contributed by atoms with E-state index in [1.165, 1.54) is 6.92 Å². The fourth-order valence-electron chi connectivity index (χ4n) is 1.05. The van der Waals surface area contributed by atoms with E-state index in [1.54, 1.807) is 12.1 Å². The lowest BCUT2D eigenvalue weighted by molar-refractivity contribution is 0.101. The fraction of sp³-hybridized carbons (Fsp3) is 0.111. The van der Waals surface area contributed by atoms with Crippen LogP contribution in [0.1, 0.15) is 22.8 Å². The second-order valence-corrected chi connectivity index (χ2v) is 3.41. The number of carbonyl (C=O) groups excluding carboxylic acids is 1. The minimum Gasteiger partial charge on any atom is -0.397 e. The molecule has 0 aliphatic carbocycles. The molecule has 3 nitrogen and oxygen atoms in total. The van der Waals surface area contributed by atoms with Gasteiger partial charge in [0, 0.05) is 4.47 Å². The van der Waals surface area contributed by atoms with Gasteiger partial charge in [0.1, 0.15) is 6.07 Å². The van der Waals surface area contributed by atoms with Crippen LogP contribution in [0.25, 0.3) is 0 Å². The summed E-state index contributed by atoms with van der Waals surface area (Å²) in [6.07, 6.45) is 0. The molecule has 0 aromatic heterocycles. The molecule has 0 fully saturated rings. The molecule has 2 N–H and O–H groups in total. The van der Waals surface area contributed by atoms with Crippen LogP contribution in [0.4, 0.5) is 5.69 Å². The highest BCUT2D eigenvalue weighted by Gasteiger charge is 2.12. The third kappa shape index (κ3) is 1.70. The summed E-state index contributed by atoms with van der Waals surface area (Å²) < 4.78 is 0.622. The summed E-state index contributed by atoms with van der Waals surface area (Å²) in [6, 6.07) is 5.14. The minimum absolute atomic E-state index is 0.151. The summed E-state index contributed by atoms with van der Waals surface area (Å²) in [5, 5.41) is 8.66. The Morgan fingerprint density at radius 3 is 2.69 bits per heavy atom. The van der Waals surface area contributed by atoms with Gasteiger partial charge < -0.3 is 5.73 Å². The minimum atomic E-state index is -0.151. The zero-order valence-corrected chi connectivity index (χ0v) is 8.55. The topological polar surface area (TPSA) is 66.9 Å². The van der Waals surface area contributed by atoms with Gasteiger partial charge in [-0.2, -0.15) is 5.26 Å². The number of benzene rings is 1. The summed E-state index contributed by atoms with van der Waals surface area (Å²) in [5.41, 5.74) is 6.56. The Hall–Kier alpha value is -1.34. The third-order valence-corrected chi connectivity index (χ3v) is 2.33. The zero-order valence-electron chi connectivity index (χ0n) is 6.97. The maximum Gasteiger partial charge on any atom is 0.163 e. The quantitative estimate of drug-likeness (QED) is 0.602. The number of ketones is 1. The van der Waals surface area contributed by atoms with Gasteiger partial charge in [0.05, 0.1) is 16.8 Å². The molecule has 66 valence electrons. The maximum absolute atomic E-state index is 11.1. The SMILES string of the molecule is CC(=O)c1c(Br)ccc(C#N)c1N. The Kier molecular flexibility index (Phi) is 2.69. The first-order valence-electron chi connectivity index (χ1n) is 3.57. The summed E-state index contributed by atoms with van der Waals surface area (Å²) >= 11 is 3.20. The van der Waals surface area contributed by atoms with Crippen LogP contribution in [0.2, 0.25) is 0 Å². The number of carbonyl (C=O) groups is 1. The van der Waals surface area contributed by atoms with Gasteiger partial charge in [0.2, 0.25) is 0 Å². The van der Waals surface area contributed by atoms with Gasteiger partial charge in [0.15, 0.2) is 5.78 Å². The lowest BCUT2D eigenvalue weighted by atomic mass is 10.1. The van der Waals surface area contributed by atoms with E-state index in [0.29, 0.717) is 15.6 Å². The molecule has 1 aromatic rings. The van der Waals surface area contributed by atoms with Gasteiger partial charge in [-0.3, -0.25) is 4.79 Å². The molecule has 0 unspecified atom stereocenters. The van der Waals surface area contributed by atoms with Gasteiger partial charge in [-0.05, 0) is 35.0 Å². The maximum atomic E-state index is 11.1. The van der Waals surface area contributed by atoms with Crippen LogP contribution in [-0.4, -0.2) is 5.78 Å². The molecule has 1 rings (SSSR count). The first kappa shape index (κ1) is 9.75. The first-order valence-corrected chi connectivity index (χ1v) is 4.36. The molecule has 0 radical (unpaired) electrons. The lowest BCUT2D eigenvalue weighted by Gasteiger charge is -2.05. The van der Waals surface area contributed by atoms with Crippen molar-refractivity contribution in [2.45, 2.75) is 6.92 Å². The number of anilines is 1. The van der Waals surface area contributed by atoms with E-state index in [9.17, 15) is 4.79 Å². The van der Waals surface area contributed by atoms with Crippen molar-refractivity contribution < 1.29 is 4.79 Å². The Morgan fingerprint density at radius 1 is 1.62 bits per heavy atom. The molecule has 4 heteroatoms. The highest BCUT2D eigenvalue weighted by Crippen LogP contribution is 2.26.